The topological polar surface area (TPSA) is 52.0 Å². The quantitative estimate of drug-likeness (QED) is 0.824. The van der Waals surface area contributed by atoms with Crippen molar-refractivity contribution in [2.24, 2.45) is 5.73 Å². The van der Waals surface area contributed by atoms with Crippen LogP contribution in [0.3, 0.4) is 0 Å². The van der Waals surface area contributed by atoms with E-state index in [9.17, 15) is 0 Å². The zero-order valence-electron chi connectivity index (χ0n) is 8.15. The maximum absolute atomic E-state index is 6.06. The van der Waals surface area contributed by atoms with E-state index in [0.717, 1.165) is 22.8 Å². The van der Waals surface area contributed by atoms with Crippen molar-refractivity contribution in [1.82, 2.24) is 4.98 Å². The van der Waals surface area contributed by atoms with Crippen LogP contribution in [0.4, 0.5) is 0 Å². The molecule has 0 bridgehead atoms. The highest BCUT2D eigenvalue weighted by atomic mass is 32.1. The minimum Gasteiger partial charge on any atom is -0.466 e. The molecule has 1 atom stereocenters. The van der Waals surface area contributed by atoms with Crippen LogP contribution in [-0.4, -0.2) is 4.98 Å². The fourth-order valence-corrected chi connectivity index (χ4v) is 2.08. The molecule has 0 fully saturated rings. The van der Waals surface area contributed by atoms with Gasteiger partial charge in [0.25, 0.3) is 0 Å². The molecule has 0 aromatic carbocycles. The molecule has 14 heavy (non-hydrogen) atoms. The summed E-state index contributed by atoms with van der Waals surface area (Å²) in [5, 5.41) is 1.96. The van der Waals surface area contributed by atoms with Gasteiger partial charge in [0.05, 0.1) is 17.2 Å². The van der Waals surface area contributed by atoms with Crippen molar-refractivity contribution in [3.63, 3.8) is 0 Å². The van der Waals surface area contributed by atoms with Gasteiger partial charge in [-0.1, -0.05) is 0 Å². The predicted octanol–water partition coefficient (Wildman–Crippen LogP) is 2.40. The first-order valence-electron chi connectivity index (χ1n) is 4.39. The van der Waals surface area contributed by atoms with Crippen LogP contribution in [0.25, 0.3) is 0 Å². The van der Waals surface area contributed by atoms with E-state index in [2.05, 4.69) is 4.98 Å². The van der Waals surface area contributed by atoms with Gasteiger partial charge >= 0.3 is 0 Å². The van der Waals surface area contributed by atoms with E-state index in [1.165, 1.54) is 0 Å². The molecule has 0 aliphatic rings. The van der Waals surface area contributed by atoms with Crippen LogP contribution in [0.5, 0.6) is 0 Å². The number of hydrogen-bond acceptors (Lipinski definition) is 4. The summed E-state index contributed by atoms with van der Waals surface area (Å²) in [6.45, 7) is 3.85. The Kier molecular flexibility index (Phi) is 2.39. The van der Waals surface area contributed by atoms with Gasteiger partial charge in [0.15, 0.2) is 0 Å². The molecule has 3 nitrogen and oxygen atoms in total. The lowest BCUT2D eigenvalue weighted by molar-refractivity contribution is 0.499. The van der Waals surface area contributed by atoms with Crippen LogP contribution in [0, 0.1) is 13.8 Å². The second-order valence-electron chi connectivity index (χ2n) is 3.26. The summed E-state index contributed by atoms with van der Waals surface area (Å²) in [4.78, 5) is 4.19. The number of aryl methyl sites for hydroxylation is 2. The maximum atomic E-state index is 6.06. The molecule has 2 N–H and O–H groups in total. The van der Waals surface area contributed by atoms with Crippen molar-refractivity contribution >= 4 is 11.3 Å². The highest BCUT2D eigenvalue weighted by Crippen LogP contribution is 2.24. The SMILES string of the molecule is Cc1cc(C(N)c2cscn2)c(C)o1. The van der Waals surface area contributed by atoms with Crippen LogP contribution in [0.1, 0.15) is 28.8 Å². The van der Waals surface area contributed by atoms with Gasteiger partial charge in [0.1, 0.15) is 11.5 Å². The van der Waals surface area contributed by atoms with Crippen molar-refractivity contribution in [3.05, 3.63) is 39.7 Å². The second kappa shape index (κ2) is 3.55. The van der Waals surface area contributed by atoms with Gasteiger partial charge in [-0.3, -0.25) is 0 Å². The third kappa shape index (κ3) is 1.58. The Morgan fingerprint density at radius 3 is 2.79 bits per heavy atom. The molecule has 1 unspecified atom stereocenters. The average Bonchev–Trinajstić information content (AvgIpc) is 2.73. The van der Waals surface area contributed by atoms with Crippen molar-refractivity contribution in [2.75, 3.05) is 0 Å². The summed E-state index contributed by atoms with van der Waals surface area (Å²) >= 11 is 1.55. The Morgan fingerprint density at radius 2 is 2.29 bits per heavy atom. The number of furan rings is 1. The molecule has 2 aromatic rings. The van der Waals surface area contributed by atoms with Crippen molar-refractivity contribution < 1.29 is 4.42 Å². The molecule has 2 heterocycles. The number of nitrogens with two attached hydrogens (primary N) is 1. The molecule has 0 aliphatic carbocycles. The van der Waals surface area contributed by atoms with Gasteiger partial charge in [0.2, 0.25) is 0 Å². The molecule has 4 heteroatoms. The van der Waals surface area contributed by atoms with Crippen molar-refractivity contribution in [2.45, 2.75) is 19.9 Å². The van der Waals surface area contributed by atoms with E-state index >= 15 is 0 Å². The maximum Gasteiger partial charge on any atom is 0.106 e. The largest absolute Gasteiger partial charge is 0.466 e. The second-order valence-corrected chi connectivity index (χ2v) is 3.98. The number of nitrogens with zero attached hydrogens (tertiary/aromatic N) is 1. The standard InChI is InChI=1S/C10H12N2OS/c1-6-3-8(7(2)13-6)10(11)9-4-14-5-12-9/h3-5,10H,11H2,1-2H3. The summed E-state index contributed by atoms with van der Waals surface area (Å²) < 4.78 is 5.43. The number of thiazole rings is 1. The van der Waals surface area contributed by atoms with Crippen LogP contribution in [-0.2, 0) is 0 Å². The van der Waals surface area contributed by atoms with Gasteiger partial charge in [0, 0.05) is 10.9 Å². The Bertz CT molecular complexity index is 419. The highest BCUT2D eigenvalue weighted by molar-refractivity contribution is 7.07. The first-order chi connectivity index (χ1) is 6.68. The number of hydrogen-bond donors (Lipinski definition) is 1. The smallest absolute Gasteiger partial charge is 0.106 e. The minimum absolute atomic E-state index is 0.168. The molecule has 0 amide bonds. The minimum atomic E-state index is -0.168. The summed E-state index contributed by atoms with van der Waals surface area (Å²) in [7, 11) is 0. The fraction of sp³-hybridized carbons (Fsp3) is 0.300. The van der Waals surface area contributed by atoms with Crippen LogP contribution >= 0.6 is 11.3 Å². The third-order valence-electron chi connectivity index (χ3n) is 2.18. The van der Waals surface area contributed by atoms with Crippen LogP contribution in [0.2, 0.25) is 0 Å². The molecule has 2 aromatic heterocycles. The molecule has 0 saturated heterocycles. The Morgan fingerprint density at radius 1 is 1.50 bits per heavy atom. The molecular formula is C10H12N2OS. The molecular weight excluding hydrogens is 196 g/mol. The van der Waals surface area contributed by atoms with E-state index in [1.807, 2.05) is 25.3 Å². The van der Waals surface area contributed by atoms with E-state index in [4.69, 9.17) is 10.2 Å². The van der Waals surface area contributed by atoms with E-state index in [1.54, 1.807) is 16.8 Å². The first kappa shape index (κ1) is 9.43. The Hall–Kier alpha value is -1.13. The van der Waals surface area contributed by atoms with Crippen molar-refractivity contribution in [1.29, 1.82) is 0 Å². The monoisotopic (exact) mass is 208 g/mol. The Labute approximate surface area is 86.6 Å². The Balaban J connectivity index is 2.36. The summed E-state index contributed by atoms with van der Waals surface area (Å²) in [5.74, 6) is 1.77. The lowest BCUT2D eigenvalue weighted by Crippen LogP contribution is -2.12. The molecule has 0 spiro atoms. The number of rotatable bonds is 2. The summed E-state index contributed by atoms with van der Waals surface area (Å²) in [6, 6.07) is 1.80. The van der Waals surface area contributed by atoms with Crippen LogP contribution < -0.4 is 5.73 Å². The van der Waals surface area contributed by atoms with Gasteiger partial charge in [-0.25, -0.2) is 4.98 Å². The first-order valence-corrected chi connectivity index (χ1v) is 5.33. The van der Waals surface area contributed by atoms with Gasteiger partial charge in [-0.05, 0) is 19.9 Å². The number of aromatic nitrogens is 1. The van der Waals surface area contributed by atoms with Crippen LogP contribution in [0.15, 0.2) is 21.4 Å². The molecule has 2 rings (SSSR count). The fourth-order valence-electron chi connectivity index (χ4n) is 1.49. The normalized spacial score (nSPS) is 13.1. The van der Waals surface area contributed by atoms with Gasteiger partial charge in [-0.2, -0.15) is 0 Å². The van der Waals surface area contributed by atoms with Gasteiger partial charge < -0.3 is 10.2 Å². The molecule has 0 saturated carbocycles. The third-order valence-corrected chi connectivity index (χ3v) is 2.79. The predicted molar refractivity (Wildman–Crippen MR) is 56.3 cm³/mol. The van der Waals surface area contributed by atoms with E-state index < -0.39 is 0 Å². The highest BCUT2D eigenvalue weighted by Gasteiger charge is 2.16. The van der Waals surface area contributed by atoms with E-state index in [-0.39, 0.29) is 6.04 Å². The summed E-state index contributed by atoms with van der Waals surface area (Å²) in [6.07, 6.45) is 0. The zero-order chi connectivity index (χ0) is 10.1. The summed E-state index contributed by atoms with van der Waals surface area (Å²) in [5.41, 5.74) is 9.77. The average molecular weight is 208 g/mol. The van der Waals surface area contributed by atoms with E-state index in [0.29, 0.717) is 0 Å². The lowest BCUT2D eigenvalue weighted by Gasteiger charge is -2.06. The lowest BCUT2D eigenvalue weighted by atomic mass is 10.1. The van der Waals surface area contributed by atoms with Crippen molar-refractivity contribution in [3.8, 4) is 0 Å². The molecule has 74 valence electrons. The zero-order valence-corrected chi connectivity index (χ0v) is 8.97. The molecule has 0 radical (unpaired) electrons. The molecule has 0 aliphatic heterocycles. The van der Waals surface area contributed by atoms with Gasteiger partial charge in [-0.15, -0.1) is 11.3 Å².